The molecule has 1 aliphatic heterocycles. The molecular formula is C16H22BrFN2O. The van der Waals surface area contributed by atoms with Crippen molar-refractivity contribution in [3.8, 4) is 0 Å². The van der Waals surface area contributed by atoms with Crippen LogP contribution in [0.1, 0.15) is 32.3 Å². The molecule has 1 saturated heterocycles. The molecule has 3 nitrogen and oxygen atoms in total. The molecule has 1 N–H and O–H groups in total. The van der Waals surface area contributed by atoms with E-state index in [0.717, 1.165) is 36.0 Å². The zero-order valence-corrected chi connectivity index (χ0v) is 14.1. The van der Waals surface area contributed by atoms with E-state index in [1.54, 1.807) is 12.1 Å². The first-order valence-electron chi connectivity index (χ1n) is 7.43. The predicted octanol–water partition coefficient (Wildman–Crippen LogP) is 3.32. The Balaban J connectivity index is 1.81. The lowest BCUT2D eigenvalue weighted by Gasteiger charge is -2.33. The number of likely N-dealkylation sites (tertiary alicyclic amines) is 1. The third kappa shape index (κ3) is 4.51. The summed E-state index contributed by atoms with van der Waals surface area (Å²) < 4.78 is 14.2. The third-order valence-electron chi connectivity index (χ3n) is 3.89. The Labute approximate surface area is 134 Å². The fourth-order valence-corrected chi connectivity index (χ4v) is 2.99. The van der Waals surface area contributed by atoms with Crippen molar-refractivity contribution in [1.82, 2.24) is 10.2 Å². The van der Waals surface area contributed by atoms with Crippen LogP contribution in [0.15, 0.2) is 22.7 Å². The van der Waals surface area contributed by atoms with Gasteiger partial charge in [-0.25, -0.2) is 4.39 Å². The fraction of sp³-hybridized carbons (Fsp3) is 0.562. The summed E-state index contributed by atoms with van der Waals surface area (Å²) in [5, 5.41) is 3.46. The molecule has 116 valence electrons. The van der Waals surface area contributed by atoms with Crippen molar-refractivity contribution < 1.29 is 9.18 Å². The van der Waals surface area contributed by atoms with E-state index in [1.807, 2.05) is 18.7 Å². The van der Waals surface area contributed by atoms with Crippen molar-refractivity contribution in [2.24, 2.45) is 5.92 Å². The second kappa shape index (κ2) is 7.36. The van der Waals surface area contributed by atoms with Crippen molar-refractivity contribution in [1.29, 1.82) is 0 Å². The smallest absolute Gasteiger partial charge is 0.225 e. The molecule has 0 unspecified atom stereocenters. The van der Waals surface area contributed by atoms with Crippen molar-refractivity contribution in [3.63, 3.8) is 0 Å². The SMILES string of the molecule is CC(C)C(=O)N1CCC(NCc2cc(F)ccc2Br)CC1. The Bertz CT molecular complexity index is 499. The molecule has 1 aromatic carbocycles. The minimum atomic E-state index is -0.215. The Hall–Kier alpha value is -0.940. The molecule has 1 heterocycles. The highest BCUT2D eigenvalue weighted by Crippen LogP contribution is 2.19. The molecule has 0 saturated carbocycles. The molecule has 2 rings (SSSR count). The van der Waals surface area contributed by atoms with Crippen LogP contribution in [0.3, 0.4) is 0 Å². The number of rotatable bonds is 4. The minimum absolute atomic E-state index is 0.0674. The first-order valence-corrected chi connectivity index (χ1v) is 8.22. The van der Waals surface area contributed by atoms with Crippen LogP contribution in [-0.2, 0) is 11.3 Å². The molecule has 1 aromatic rings. The number of nitrogens with one attached hydrogen (secondary N) is 1. The maximum absolute atomic E-state index is 13.2. The van der Waals surface area contributed by atoms with Crippen molar-refractivity contribution in [2.75, 3.05) is 13.1 Å². The molecule has 0 atom stereocenters. The Morgan fingerprint density at radius 3 is 2.71 bits per heavy atom. The standard InChI is InChI=1S/C16H22BrFN2O/c1-11(2)16(21)20-7-5-14(6-8-20)19-10-12-9-13(18)3-4-15(12)17/h3-4,9,11,14,19H,5-8,10H2,1-2H3. The second-order valence-corrected chi connectivity index (χ2v) is 6.73. The van der Waals surface area contributed by atoms with Gasteiger partial charge in [0.2, 0.25) is 5.91 Å². The lowest BCUT2D eigenvalue weighted by molar-refractivity contribution is -0.135. The number of hydrogen-bond donors (Lipinski definition) is 1. The number of halogens is 2. The van der Waals surface area contributed by atoms with Crippen molar-refractivity contribution >= 4 is 21.8 Å². The zero-order chi connectivity index (χ0) is 15.4. The zero-order valence-electron chi connectivity index (χ0n) is 12.5. The summed E-state index contributed by atoms with van der Waals surface area (Å²) in [7, 11) is 0. The van der Waals surface area contributed by atoms with Gasteiger partial charge < -0.3 is 10.2 Å². The molecule has 0 bridgehead atoms. The van der Waals surface area contributed by atoms with Gasteiger partial charge in [0.05, 0.1) is 0 Å². The van der Waals surface area contributed by atoms with Gasteiger partial charge in [-0.1, -0.05) is 29.8 Å². The van der Waals surface area contributed by atoms with E-state index < -0.39 is 0 Å². The van der Waals surface area contributed by atoms with Gasteiger partial charge in [-0.05, 0) is 36.6 Å². The quantitative estimate of drug-likeness (QED) is 0.897. The van der Waals surface area contributed by atoms with Gasteiger partial charge in [0, 0.05) is 36.1 Å². The number of nitrogens with zero attached hydrogens (tertiary/aromatic N) is 1. The van der Waals surface area contributed by atoms with Gasteiger partial charge >= 0.3 is 0 Å². The summed E-state index contributed by atoms with van der Waals surface area (Å²) in [5.41, 5.74) is 0.927. The van der Waals surface area contributed by atoms with Gasteiger partial charge in [-0.2, -0.15) is 0 Å². The molecule has 1 amide bonds. The second-order valence-electron chi connectivity index (χ2n) is 5.87. The monoisotopic (exact) mass is 356 g/mol. The van der Waals surface area contributed by atoms with E-state index in [-0.39, 0.29) is 17.6 Å². The summed E-state index contributed by atoms with van der Waals surface area (Å²) in [6.45, 7) is 6.13. The van der Waals surface area contributed by atoms with Gasteiger partial charge in [-0.3, -0.25) is 4.79 Å². The molecule has 1 aliphatic rings. The van der Waals surface area contributed by atoms with Gasteiger partial charge in [0.1, 0.15) is 5.82 Å². The Morgan fingerprint density at radius 2 is 2.10 bits per heavy atom. The maximum Gasteiger partial charge on any atom is 0.225 e. The van der Waals surface area contributed by atoms with Gasteiger partial charge in [0.15, 0.2) is 0 Å². The summed E-state index contributed by atoms with van der Waals surface area (Å²) in [4.78, 5) is 13.9. The highest BCUT2D eigenvalue weighted by Gasteiger charge is 2.23. The first kappa shape index (κ1) is 16.4. The third-order valence-corrected chi connectivity index (χ3v) is 4.66. The van der Waals surface area contributed by atoms with Crippen LogP contribution >= 0.6 is 15.9 Å². The van der Waals surface area contributed by atoms with Crippen LogP contribution < -0.4 is 5.32 Å². The van der Waals surface area contributed by atoms with Gasteiger partial charge in [0.25, 0.3) is 0 Å². The normalized spacial score (nSPS) is 16.5. The number of hydrogen-bond acceptors (Lipinski definition) is 2. The van der Waals surface area contributed by atoms with E-state index >= 15 is 0 Å². The van der Waals surface area contributed by atoms with E-state index in [1.165, 1.54) is 6.07 Å². The highest BCUT2D eigenvalue weighted by atomic mass is 79.9. The number of amides is 1. The molecule has 5 heteroatoms. The Kier molecular flexibility index (Phi) is 5.76. The van der Waals surface area contributed by atoms with E-state index in [4.69, 9.17) is 0 Å². The maximum atomic E-state index is 13.2. The predicted molar refractivity (Wildman–Crippen MR) is 85.4 cm³/mol. The van der Waals surface area contributed by atoms with Crippen molar-refractivity contribution in [3.05, 3.63) is 34.1 Å². The average Bonchev–Trinajstić information content (AvgIpc) is 2.48. The number of carbonyl (C=O) groups is 1. The van der Waals surface area contributed by atoms with Crippen LogP contribution in [0.5, 0.6) is 0 Å². The van der Waals surface area contributed by atoms with Crippen LogP contribution in [0.25, 0.3) is 0 Å². The Morgan fingerprint density at radius 1 is 1.43 bits per heavy atom. The van der Waals surface area contributed by atoms with Crippen LogP contribution in [0.2, 0.25) is 0 Å². The molecule has 0 spiro atoms. The van der Waals surface area contributed by atoms with E-state index in [0.29, 0.717) is 12.6 Å². The minimum Gasteiger partial charge on any atom is -0.342 e. The van der Waals surface area contributed by atoms with Crippen molar-refractivity contribution in [2.45, 2.75) is 39.3 Å². The van der Waals surface area contributed by atoms with Crippen LogP contribution in [0.4, 0.5) is 4.39 Å². The van der Waals surface area contributed by atoms with E-state index in [9.17, 15) is 9.18 Å². The lowest BCUT2D eigenvalue weighted by Crippen LogP contribution is -2.46. The first-order chi connectivity index (χ1) is 9.97. The van der Waals surface area contributed by atoms with Gasteiger partial charge in [-0.15, -0.1) is 0 Å². The molecule has 21 heavy (non-hydrogen) atoms. The molecule has 1 fully saturated rings. The highest BCUT2D eigenvalue weighted by molar-refractivity contribution is 9.10. The lowest BCUT2D eigenvalue weighted by atomic mass is 10.0. The molecule has 0 aliphatic carbocycles. The number of carbonyl (C=O) groups excluding carboxylic acids is 1. The fourth-order valence-electron chi connectivity index (χ4n) is 2.60. The van der Waals surface area contributed by atoms with E-state index in [2.05, 4.69) is 21.2 Å². The topological polar surface area (TPSA) is 32.3 Å². The summed E-state index contributed by atoms with van der Waals surface area (Å²) in [6, 6.07) is 5.12. The summed E-state index contributed by atoms with van der Waals surface area (Å²) in [6.07, 6.45) is 1.90. The van der Waals surface area contributed by atoms with Crippen LogP contribution in [-0.4, -0.2) is 29.9 Å². The average molecular weight is 357 g/mol. The molecule has 0 radical (unpaired) electrons. The number of benzene rings is 1. The molecular weight excluding hydrogens is 335 g/mol. The summed E-state index contributed by atoms with van der Waals surface area (Å²) in [5.74, 6) is 0.0893. The summed E-state index contributed by atoms with van der Waals surface area (Å²) >= 11 is 3.44. The van der Waals surface area contributed by atoms with Crippen LogP contribution in [0, 0.1) is 11.7 Å². The molecule has 0 aromatic heterocycles. The number of piperidine rings is 1. The largest absolute Gasteiger partial charge is 0.342 e.